The van der Waals surface area contributed by atoms with Gasteiger partial charge in [-0.05, 0) is 25.0 Å². The lowest BCUT2D eigenvalue weighted by molar-refractivity contribution is -0.121. The van der Waals surface area contributed by atoms with Crippen LogP contribution in [0.3, 0.4) is 0 Å². The summed E-state index contributed by atoms with van der Waals surface area (Å²) in [5.74, 6) is -0.934. The molecule has 2 N–H and O–H groups in total. The molecule has 0 saturated carbocycles. The molecule has 0 aliphatic heterocycles. The summed E-state index contributed by atoms with van der Waals surface area (Å²) in [6, 6.07) is 18.9. The van der Waals surface area contributed by atoms with Crippen LogP contribution in [0.5, 0.6) is 0 Å². The SMILES string of the molecule is COC1=C(N[C@@H](C)c2ccccc2)C(=O)C(OC)=C(N[C@H](C)c2ccccc2)C1=O. The van der Waals surface area contributed by atoms with E-state index >= 15 is 0 Å². The number of benzene rings is 2. The number of methoxy groups -OCH3 is 2. The molecular formula is C24H26N2O4. The molecule has 0 heterocycles. The molecule has 0 amide bonds. The standard InChI is InChI=1S/C24H26N2O4/c1-15(17-11-7-5-8-12-17)25-19-21(27)24(30-4)20(22(28)23(19)29-3)26-16(2)18-13-9-6-10-14-18/h5-16,25-26H,1-4H3/t15-,16+. The highest BCUT2D eigenvalue weighted by Gasteiger charge is 2.38. The van der Waals surface area contributed by atoms with Crippen LogP contribution in [-0.4, -0.2) is 25.8 Å². The second-order valence-corrected chi connectivity index (χ2v) is 7.03. The van der Waals surface area contributed by atoms with Gasteiger partial charge in [0, 0.05) is 12.1 Å². The molecule has 6 heteroatoms. The van der Waals surface area contributed by atoms with E-state index in [9.17, 15) is 9.59 Å². The molecule has 0 aromatic heterocycles. The fraction of sp³-hybridized carbons (Fsp3) is 0.250. The maximum absolute atomic E-state index is 13.2. The Kier molecular flexibility index (Phi) is 6.57. The van der Waals surface area contributed by atoms with E-state index in [1.807, 2.05) is 74.5 Å². The zero-order chi connectivity index (χ0) is 21.7. The van der Waals surface area contributed by atoms with Gasteiger partial charge < -0.3 is 20.1 Å². The monoisotopic (exact) mass is 406 g/mol. The first-order valence-electron chi connectivity index (χ1n) is 9.76. The Morgan fingerprint density at radius 2 is 0.967 bits per heavy atom. The summed E-state index contributed by atoms with van der Waals surface area (Å²) in [5, 5.41) is 6.26. The van der Waals surface area contributed by atoms with Crippen molar-refractivity contribution in [3.8, 4) is 0 Å². The van der Waals surface area contributed by atoms with E-state index in [2.05, 4.69) is 10.6 Å². The van der Waals surface area contributed by atoms with Crippen molar-refractivity contribution in [3.05, 3.63) is 94.7 Å². The molecule has 2 aromatic rings. The Labute approximate surface area is 176 Å². The average Bonchev–Trinajstić information content (AvgIpc) is 2.78. The largest absolute Gasteiger partial charge is 0.491 e. The van der Waals surface area contributed by atoms with Crippen LogP contribution >= 0.6 is 0 Å². The van der Waals surface area contributed by atoms with Gasteiger partial charge in [-0.3, -0.25) is 9.59 Å². The van der Waals surface area contributed by atoms with Crippen molar-refractivity contribution < 1.29 is 19.1 Å². The zero-order valence-electron chi connectivity index (χ0n) is 17.6. The molecule has 3 rings (SSSR count). The highest BCUT2D eigenvalue weighted by molar-refractivity contribution is 6.23. The van der Waals surface area contributed by atoms with E-state index in [4.69, 9.17) is 9.47 Å². The molecule has 2 atom stereocenters. The van der Waals surface area contributed by atoms with Gasteiger partial charge in [0.2, 0.25) is 11.6 Å². The van der Waals surface area contributed by atoms with Gasteiger partial charge in [0.25, 0.3) is 0 Å². The van der Waals surface area contributed by atoms with Crippen LogP contribution in [0.15, 0.2) is 83.6 Å². The Morgan fingerprint density at radius 3 is 1.27 bits per heavy atom. The van der Waals surface area contributed by atoms with Crippen LogP contribution in [0, 0.1) is 0 Å². The van der Waals surface area contributed by atoms with Crippen molar-refractivity contribution in [2.24, 2.45) is 0 Å². The van der Waals surface area contributed by atoms with Gasteiger partial charge in [0.15, 0.2) is 11.5 Å². The predicted molar refractivity (Wildman–Crippen MR) is 114 cm³/mol. The summed E-state index contributed by atoms with van der Waals surface area (Å²) in [5.41, 5.74) is 2.14. The van der Waals surface area contributed by atoms with Crippen LogP contribution in [0.4, 0.5) is 0 Å². The lowest BCUT2D eigenvalue weighted by atomic mass is 9.98. The Hall–Kier alpha value is -3.54. The van der Waals surface area contributed by atoms with Crippen LogP contribution in [0.1, 0.15) is 37.1 Å². The summed E-state index contributed by atoms with van der Waals surface area (Å²) in [6.07, 6.45) is 0. The van der Waals surface area contributed by atoms with E-state index in [-0.39, 0.29) is 35.0 Å². The van der Waals surface area contributed by atoms with Gasteiger partial charge >= 0.3 is 0 Å². The van der Waals surface area contributed by atoms with Crippen LogP contribution < -0.4 is 10.6 Å². The van der Waals surface area contributed by atoms with Crippen molar-refractivity contribution >= 4 is 11.6 Å². The second kappa shape index (κ2) is 9.31. The number of carbonyl (C=O) groups excluding carboxylic acids is 2. The highest BCUT2D eigenvalue weighted by Crippen LogP contribution is 2.27. The molecule has 6 nitrogen and oxygen atoms in total. The molecule has 2 aromatic carbocycles. The maximum Gasteiger partial charge on any atom is 0.249 e. The molecule has 1 aliphatic rings. The smallest absolute Gasteiger partial charge is 0.249 e. The third kappa shape index (κ3) is 4.22. The van der Waals surface area contributed by atoms with Crippen LogP contribution in [0.2, 0.25) is 0 Å². The minimum absolute atomic E-state index is 0.0358. The Morgan fingerprint density at radius 1 is 0.633 bits per heavy atom. The highest BCUT2D eigenvalue weighted by atomic mass is 16.5. The normalized spacial score (nSPS) is 16.3. The fourth-order valence-electron chi connectivity index (χ4n) is 3.40. The first-order valence-corrected chi connectivity index (χ1v) is 9.76. The summed E-state index contributed by atoms with van der Waals surface area (Å²) in [7, 11) is 2.76. The second-order valence-electron chi connectivity index (χ2n) is 7.03. The fourth-order valence-corrected chi connectivity index (χ4v) is 3.40. The topological polar surface area (TPSA) is 76.7 Å². The predicted octanol–water partition coefficient (Wildman–Crippen LogP) is 3.56. The molecule has 0 unspecified atom stereocenters. The summed E-state index contributed by atoms with van der Waals surface area (Å²) in [6.45, 7) is 3.82. The zero-order valence-corrected chi connectivity index (χ0v) is 17.6. The maximum atomic E-state index is 13.2. The van der Waals surface area contributed by atoms with E-state index < -0.39 is 11.6 Å². The van der Waals surface area contributed by atoms with Crippen molar-refractivity contribution in [2.75, 3.05) is 14.2 Å². The number of Topliss-reactive ketones (excluding diaryl/α,β-unsaturated/α-hetero) is 2. The van der Waals surface area contributed by atoms with Gasteiger partial charge in [-0.15, -0.1) is 0 Å². The Bertz CT molecular complexity index is 899. The number of hydrogen-bond donors (Lipinski definition) is 2. The van der Waals surface area contributed by atoms with Gasteiger partial charge in [0.05, 0.1) is 14.2 Å². The van der Waals surface area contributed by atoms with Gasteiger partial charge in [0.1, 0.15) is 11.4 Å². The van der Waals surface area contributed by atoms with Crippen molar-refractivity contribution in [1.29, 1.82) is 0 Å². The van der Waals surface area contributed by atoms with Gasteiger partial charge in [-0.25, -0.2) is 0 Å². The minimum Gasteiger partial charge on any atom is -0.491 e. The third-order valence-corrected chi connectivity index (χ3v) is 5.05. The van der Waals surface area contributed by atoms with E-state index in [1.165, 1.54) is 14.2 Å². The summed E-state index contributed by atoms with van der Waals surface area (Å²) >= 11 is 0. The Balaban J connectivity index is 1.91. The first kappa shape index (κ1) is 21.2. The summed E-state index contributed by atoms with van der Waals surface area (Å²) in [4.78, 5) is 26.4. The van der Waals surface area contributed by atoms with Crippen LogP contribution in [-0.2, 0) is 19.1 Å². The quantitative estimate of drug-likeness (QED) is 0.653. The lowest BCUT2D eigenvalue weighted by Crippen LogP contribution is -2.38. The number of rotatable bonds is 8. The van der Waals surface area contributed by atoms with Gasteiger partial charge in [-0.1, -0.05) is 60.7 Å². The van der Waals surface area contributed by atoms with Crippen LogP contribution in [0.25, 0.3) is 0 Å². The third-order valence-electron chi connectivity index (χ3n) is 5.05. The minimum atomic E-state index is -0.431. The first-order chi connectivity index (χ1) is 14.5. The number of carbonyl (C=O) groups is 2. The van der Waals surface area contributed by atoms with E-state index in [0.717, 1.165) is 11.1 Å². The molecule has 30 heavy (non-hydrogen) atoms. The van der Waals surface area contributed by atoms with Gasteiger partial charge in [-0.2, -0.15) is 0 Å². The lowest BCUT2D eigenvalue weighted by Gasteiger charge is -2.27. The van der Waals surface area contributed by atoms with Crippen molar-refractivity contribution in [2.45, 2.75) is 25.9 Å². The van der Waals surface area contributed by atoms with Crippen molar-refractivity contribution in [1.82, 2.24) is 10.6 Å². The molecule has 0 radical (unpaired) electrons. The van der Waals surface area contributed by atoms with E-state index in [0.29, 0.717) is 0 Å². The molecular weight excluding hydrogens is 380 g/mol. The molecule has 0 saturated heterocycles. The number of nitrogens with one attached hydrogen (secondary N) is 2. The molecule has 0 fully saturated rings. The number of ketones is 2. The molecule has 0 spiro atoms. The van der Waals surface area contributed by atoms with Crippen molar-refractivity contribution in [3.63, 3.8) is 0 Å². The molecule has 0 bridgehead atoms. The number of ether oxygens (including phenoxy) is 2. The average molecular weight is 406 g/mol. The molecule has 1 aliphatic carbocycles. The number of hydrogen-bond acceptors (Lipinski definition) is 6. The molecule has 156 valence electrons. The van der Waals surface area contributed by atoms with E-state index in [1.54, 1.807) is 0 Å². The summed E-state index contributed by atoms with van der Waals surface area (Å²) < 4.78 is 10.7.